The van der Waals surface area contributed by atoms with Crippen LogP contribution in [0.15, 0.2) is 23.6 Å². The van der Waals surface area contributed by atoms with E-state index in [0.717, 1.165) is 27.8 Å². The van der Waals surface area contributed by atoms with Gasteiger partial charge >= 0.3 is 5.97 Å². The molecular weight excluding hydrogens is 278 g/mol. The quantitative estimate of drug-likeness (QED) is 0.811. The highest BCUT2D eigenvalue weighted by atomic mass is 32.1. The molecule has 0 saturated carbocycles. The van der Waals surface area contributed by atoms with Gasteiger partial charge in [-0.2, -0.15) is 0 Å². The Balaban J connectivity index is 1.78. The molecule has 0 fully saturated rings. The van der Waals surface area contributed by atoms with Gasteiger partial charge in [0, 0.05) is 10.9 Å². The lowest BCUT2D eigenvalue weighted by Gasteiger charge is -2.00. The molecule has 1 aromatic heterocycles. The molecule has 3 rings (SSSR count). The van der Waals surface area contributed by atoms with Crippen molar-refractivity contribution in [2.24, 2.45) is 0 Å². The number of hydrogen-bond donors (Lipinski definition) is 0. The summed E-state index contributed by atoms with van der Waals surface area (Å²) < 4.78 is 15.5. The van der Waals surface area contributed by atoms with Crippen molar-refractivity contribution in [2.75, 3.05) is 13.4 Å². The molecule has 104 valence electrons. The van der Waals surface area contributed by atoms with Crippen LogP contribution in [0, 0.1) is 0 Å². The third kappa shape index (κ3) is 2.60. The molecule has 2 aromatic rings. The van der Waals surface area contributed by atoms with E-state index in [4.69, 9.17) is 14.2 Å². The van der Waals surface area contributed by atoms with Crippen molar-refractivity contribution in [3.8, 4) is 22.1 Å². The zero-order chi connectivity index (χ0) is 13.9. The van der Waals surface area contributed by atoms with E-state index in [9.17, 15) is 4.79 Å². The summed E-state index contributed by atoms with van der Waals surface area (Å²) in [7, 11) is 0. The van der Waals surface area contributed by atoms with Crippen LogP contribution in [0.2, 0.25) is 0 Å². The third-order valence-electron chi connectivity index (χ3n) is 2.80. The number of ether oxygens (including phenoxy) is 3. The van der Waals surface area contributed by atoms with Crippen molar-refractivity contribution in [1.29, 1.82) is 0 Å². The zero-order valence-electron chi connectivity index (χ0n) is 10.9. The lowest BCUT2D eigenvalue weighted by molar-refractivity contribution is -0.142. The van der Waals surface area contributed by atoms with Crippen LogP contribution in [0.4, 0.5) is 0 Å². The summed E-state index contributed by atoms with van der Waals surface area (Å²) in [6, 6.07) is 5.69. The fraction of sp³-hybridized carbons (Fsp3) is 0.286. The number of esters is 1. The van der Waals surface area contributed by atoms with Gasteiger partial charge < -0.3 is 14.2 Å². The van der Waals surface area contributed by atoms with E-state index in [2.05, 4.69) is 4.98 Å². The van der Waals surface area contributed by atoms with Gasteiger partial charge in [0.25, 0.3) is 0 Å². The third-order valence-corrected chi connectivity index (χ3v) is 3.74. The van der Waals surface area contributed by atoms with Gasteiger partial charge in [-0.1, -0.05) is 0 Å². The van der Waals surface area contributed by atoms with E-state index < -0.39 is 0 Å². The molecule has 0 saturated heterocycles. The topological polar surface area (TPSA) is 57.7 Å². The Kier molecular flexibility index (Phi) is 3.56. The molecule has 0 N–H and O–H groups in total. The van der Waals surface area contributed by atoms with Crippen LogP contribution in [0.25, 0.3) is 10.6 Å². The van der Waals surface area contributed by atoms with Crippen molar-refractivity contribution >= 4 is 17.3 Å². The van der Waals surface area contributed by atoms with Gasteiger partial charge in [0.15, 0.2) is 11.5 Å². The van der Waals surface area contributed by atoms with E-state index in [1.54, 1.807) is 6.92 Å². The van der Waals surface area contributed by atoms with Crippen molar-refractivity contribution in [3.05, 3.63) is 29.3 Å². The number of aromatic nitrogens is 1. The van der Waals surface area contributed by atoms with Gasteiger partial charge in [-0.3, -0.25) is 4.79 Å². The Morgan fingerprint density at radius 2 is 2.25 bits per heavy atom. The zero-order valence-corrected chi connectivity index (χ0v) is 11.7. The van der Waals surface area contributed by atoms with Gasteiger partial charge in [0.1, 0.15) is 5.01 Å². The molecule has 6 heteroatoms. The average Bonchev–Trinajstić information content (AvgIpc) is 3.06. The lowest BCUT2D eigenvalue weighted by atomic mass is 10.2. The van der Waals surface area contributed by atoms with Crippen LogP contribution in [-0.2, 0) is 16.0 Å². The summed E-state index contributed by atoms with van der Waals surface area (Å²) in [6.07, 6.45) is 0.203. The second-order valence-electron chi connectivity index (χ2n) is 4.19. The minimum Gasteiger partial charge on any atom is -0.466 e. The van der Waals surface area contributed by atoms with Crippen LogP contribution in [0.3, 0.4) is 0 Å². The number of benzene rings is 1. The Bertz CT molecular complexity index is 638. The maximum Gasteiger partial charge on any atom is 0.311 e. The number of fused-ring (bicyclic) bond motifs is 1. The molecule has 1 aliphatic heterocycles. The van der Waals surface area contributed by atoms with E-state index >= 15 is 0 Å². The highest BCUT2D eigenvalue weighted by molar-refractivity contribution is 7.13. The van der Waals surface area contributed by atoms with Gasteiger partial charge in [-0.25, -0.2) is 4.98 Å². The molecule has 5 nitrogen and oxygen atoms in total. The Hall–Kier alpha value is -2.08. The van der Waals surface area contributed by atoms with E-state index in [1.807, 2.05) is 23.6 Å². The second kappa shape index (κ2) is 5.50. The first-order chi connectivity index (χ1) is 9.76. The summed E-state index contributed by atoms with van der Waals surface area (Å²) in [5, 5.41) is 2.72. The lowest BCUT2D eigenvalue weighted by Crippen LogP contribution is -2.07. The number of carbonyl (C=O) groups excluding carboxylic acids is 1. The predicted octanol–water partition coefficient (Wildman–Crippen LogP) is 2.64. The molecule has 1 aromatic carbocycles. The van der Waals surface area contributed by atoms with Gasteiger partial charge in [-0.05, 0) is 25.1 Å². The summed E-state index contributed by atoms with van der Waals surface area (Å²) >= 11 is 1.49. The summed E-state index contributed by atoms with van der Waals surface area (Å²) in [6.45, 7) is 2.43. The van der Waals surface area contributed by atoms with Crippen LogP contribution < -0.4 is 9.47 Å². The van der Waals surface area contributed by atoms with Crippen LogP contribution in [-0.4, -0.2) is 24.4 Å². The maximum atomic E-state index is 11.4. The SMILES string of the molecule is CCOC(=O)Cc1csc(-c2ccc3c(c2)OCO3)n1. The molecule has 0 bridgehead atoms. The minimum absolute atomic E-state index is 0.203. The first-order valence-corrected chi connectivity index (χ1v) is 7.14. The van der Waals surface area contributed by atoms with E-state index in [0.29, 0.717) is 6.61 Å². The predicted molar refractivity (Wildman–Crippen MR) is 74.0 cm³/mol. The number of nitrogens with zero attached hydrogens (tertiary/aromatic N) is 1. The number of carbonyl (C=O) groups is 1. The normalized spacial score (nSPS) is 12.4. The minimum atomic E-state index is -0.255. The molecule has 0 aliphatic carbocycles. The van der Waals surface area contributed by atoms with Crippen molar-refractivity contribution in [1.82, 2.24) is 4.98 Å². The molecular formula is C14H13NO4S. The van der Waals surface area contributed by atoms with Crippen LogP contribution in [0.5, 0.6) is 11.5 Å². The monoisotopic (exact) mass is 291 g/mol. The molecule has 0 spiro atoms. The van der Waals surface area contributed by atoms with Gasteiger partial charge in [0.05, 0.1) is 18.7 Å². The van der Waals surface area contributed by atoms with Crippen molar-refractivity contribution in [3.63, 3.8) is 0 Å². The number of thiazole rings is 1. The fourth-order valence-electron chi connectivity index (χ4n) is 1.91. The summed E-state index contributed by atoms with van der Waals surface area (Å²) in [5.41, 5.74) is 1.68. The fourth-order valence-corrected chi connectivity index (χ4v) is 2.73. The Morgan fingerprint density at radius 1 is 1.40 bits per heavy atom. The highest BCUT2D eigenvalue weighted by Crippen LogP contribution is 2.36. The van der Waals surface area contributed by atoms with Crippen molar-refractivity contribution < 1.29 is 19.0 Å². The maximum absolute atomic E-state index is 11.4. The average molecular weight is 291 g/mol. The molecule has 0 atom stereocenters. The van der Waals surface area contributed by atoms with Gasteiger partial charge in [-0.15, -0.1) is 11.3 Å². The first kappa shape index (κ1) is 12.9. The van der Waals surface area contributed by atoms with Crippen molar-refractivity contribution in [2.45, 2.75) is 13.3 Å². The van der Waals surface area contributed by atoms with Crippen LogP contribution in [0.1, 0.15) is 12.6 Å². The molecule has 0 amide bonds. The highest BCUT2D eigenvalue weighted by Gasteiger charge is 2.15. The first-order valence-electron chi connectivity index (χ1n) is 6.26. The molecule has 20 heavy (non-hydrogen) atoms. The molecule has 0 unspecified atom stereocenters. The van der Waals surface area contributed by atoms with Crippen LogP contribution >= 0.6 is 11.3 Å². The Morgan fingerprint density at radius 3 is 3.10 bits per heavy atom. The summed E-state index contributed by atoms with van der Waals surface area (Å²) in [4.78, 5) is 15.9. The second-order valence-corrected chi connectivity index (χ2v) is 5.05. The van der Waals surface area contributed by atoms with E-state index in [-0.39, 0.29) is 19.2 Å². The standard InChI is InChI=1S/C14H13NO4S/c1-2-17-13(16)6-10-7-20-14(15-10)9-3-4-11-12(5-9)19-8-18-11/h3-5,7H,2,6,8H2,1H3. The summed E-state index contributed by atoms with van der Waals surface area (Å²) in [5.74, 6) is 1.22. The van der Waals surface area contributed by atoms with Gasteiger partial charge in [0.2, 0.25) is 6.79 Å². The van der Waals surface area contributed by atoms with E-state index in [1.165, 1.54) is 11.3 Å². The largest absolute Gasteiger partial charge is 0.466 e. The molecule has 2 heterocycles. The smallest absolute Gasteiger partial charge is 0.311 e. The molecule has 1 aliphatic rings. The number of hydrogen-bond acceptors (Lipinski definition) is 6. The molecule has 0 radical (unpaired) electrons. The Labute approximate surface area is 120 Å². The number of rotatable bonds is 4.